The average molecular weight is 603 g/mol. The van der Waals surface area contributed by atoms with Crippen LogP contribution in [0.4, 0.5) is 0 Å². The fraction of sp³-hybridized carbons (Fsp3) is 0. The van der Waals surface area contributed by atoms with Crippen molar-refractivity contribution in [2.75, 3.05) is 0 Å². The van der Waals surface area contributed by atoms with Crippen LogP contribution in [0.1, 0.15) is 22.3 Å². The maximum atomic E-state index is 6.59. The molecule has 4 aromatic rings. The number of hydrogen-bond donors (Lipinski definition) is 0. The summed E-state index contributed by atoms with van der Waals surface area (Å²) < 4.78 is 0. The normalized spacial score (nSPS) is 11.5. The Bertz CT molecular complexity index is 1320. The van der Waals surface area contributed by atoms with Crippen LogP contribution < -0.4 is 21.2 Å². The molecule has 0 bridgehead atoms. The van der Waals surface area contributed by atoms with Gasteiger partial charge in [0.1, 0.15) is 0 Å². The molecule has 0 heterocycles. The molecule has 0 atom stereocenters. The highest BCUT2D eigenvalue weighted by Crippen LogP contribution is 2.73. The molecule has 0 radical (unpaired) electrons. The Morgan fingerprint density at radius 1 is 0.395 bits per heavy atom. The lowest BCUT2D eigenvalue weighted by Gasteiger charge is -2.28. The van der Waals surface area contributed by atoms with Crippen LogP contribution in [0.25, 0.3) is 24.3 Å². The van der Waals surface area contributed by atoms with Crippen LogP contribution in [0.5, 0.6) is 0 Å². The second kappa shape index (κ2) is 12.8. The summed E-state index contributed by atoms with van der Waals surface area (Å²) in [5.74, 6) is 0. The van der Waals surface area contributed by atoms with E-state index >= 15 is 0 Å². The Morgan fingerprint density at radius 2 is 0.579 bits per heavy atom. The van der Waals surface area contributed by atoms with E-state index in [9.17, 15) is 0 Å². The van der Waals surface area contributed by atoms with Crippen LogP contribution in [0.2, 0.25) is 0 Å². The summed E-state index contributed by atoms with van der Waals surface area (Å²) >= 11 is 13.2. The van der Waals surface area contributed by atoms with Crippen molar-refractivity contribution in [1.29, 1.82) is 0 Å². The summed E-state index contributed by atoms with van der Waals surface area (Å²) in [7, 11) is 3.54. The topological polar surface area (TPSA) is 0 Å². The van der Waals surface area contributed by atoms with Gasteiger partial charge in [-0.2, -0.15) is 0 Å². The Balaban J connectivity index is 1.81. The zero-order valence-corrected chi connectivity index (χ0v) is 26.0. The molecule has 0 fully saturated rings. The van der Waals surface area contributed by atoms with Gasteiger partial charge in [0.15, 0.2) is 0 Å². The summed E-state index contributed by atoms with van der Waals surface area (Å²) in [5, 5.41) is 0.0243. The third-order valence-corrected chi connectivity index (χ3v) is 26.5. The van der Waals surface area contributed by atoms with Gasteiger partial charge in [-0.15, -0.1) is 0 Å². The molecule has 0 unspecified atom stereocenters. The second-order valence-corrected chi connectivity index (χ2v) is 24.5. The van der Waals surface area contributed by atoms with Crippen molar-refractivity contribution in [3.8, 4) is 0 Å². The van der Waals surface area contributed by atoms with E-state index in [0.29, 0.717) is 0 Å². The van der Waals surface area contributed by atoms with E-state index in [1.807, 2.05) is 24.3 Å². The third kappa shape index (κ3) is 6.18. The van der Waals surface area contributed by atoms with Gasteiger partial charge >= 0.3 is 0 Å². The lowest BCUT2D eigenvalue weighted by Crippen LogP contribution is -2.15. The summed E-state index contributed by atoms with van der Waals surface area (Å²) in [6.45, 7) is 15.6. The minimum absolute atomic E-state index is 1.07. The number of hydrogen-bond acceptors (Lipinski definition) is 4. The first-order valence-electron chi connectivity index (χ1n) is 11.9. The van der Waals surface area contributed by atoms with Gasteiger partial charge in [-0.1, -0.05) is 171 Å². The minimum atomic E-state index is -2.28. The second-order valence-electron chi connectivity index (χ2n) is 8.43. The highest BCUT2D eigenvalue weighted by Gasteiger charge is 2.30. The summed E-state index contributed by atoms with van der Waals surface area (Å²) in [6.07, 6.45) is 7.42. The van der Waals surface area contributed by atoms with E-state index < -0.39 is 10.5 Å². The Hall–Kier alpha value is -2.16. The molecule has 4 aromatic carbocycles. The van der Waals surface area contributed by atoms with Gasteiger partial charge < -0.3 is 0 Å². The SMILES string of the molecule is C=Cc1ccc(P(=S)(SSP(=S)(c2ccc(C=C)cc2)c2ccc(C=C)cc2)c2ccc(C=C)cc2)cc1. The Morgan fingerprint density at radius 3 is 0.737 bits per heavy atom. The highest BCUT2D eigenvalue weighted by atomic mass is 33.5. The molecule has 0 N–H and O–H groups in total. The quantitative estimate of drug-likeness (QED) is 0.124. The van der Waals surface area contributed by atoms with Crippen LogP contribution in [0.3, 0.4) is 0 Å². The fourth-order valence-corrected chi connectivity index (χ4v) is 25.9. The molecule has 6 heteroatoms. The minimum Gasteiger partial charge on any atom is -0.0985 e. The van der Waals surface area contributed by atoms with Crippen molar-refractivity contribution in [2.24, 2.45) is 0 Å². The molecule has 0 aliphatic carbocycles. The third-order valence-electron chi connectivity index (χ3n) is 6.12. The van der Waals surface area contributed by atoms with Gasteiger partial charge in [0.25, 0.3) is 0 Å². The molecule has 190 valence electrons. The van der Waals surface area contributed by atoms with E-state index in [0.717, 1.165) is 43.5 Å². The predicted octanol–water partition coefficient (Wildman–Crippen LogP) is 9.03. The van der Waals surface area contributed by atoms with Crippen molar-refractivity contribution in [1.82, 2.24) is 0 Å². The first-order valence-corrected chi connectivity index (χ1v) is 20.8. The van der Waals surface area contributed by atoms with Crippen molar-refractivity contribution in [2.45, 2.75) is 0 Å². The predicted molar refractivity (Wildman–Crippen MR) is 188 cm³/mol. The average Bonchev–Trinajstić information content (AvgIpc) is 2.99. The largest absolute Gasteiger partial charge is 0.0985 e. The molecule has 38 heavy (non-hydrogen) atoms. The Labute approximate surface area is 244 Å². The molecule has 0 nitrogen and oxygen atoms in total. The first-order chi connectivity index (χ1) is 18.4. The molecule has 0 aliphatic heterocycles. The summed E-state index contributed by atoms with van der Waals surface area (Å²) in [6, 6.07) is 33.9. The standard InChI is InChI=1S/C32H28P2S4/c1-5-25-9-17-29(18-10-25)33(35,30-19-11-26(6-2)12-20-30)37-38-34(36,31-21-13-27(7-3)14-22-31)32-23-15-28(8-4)16-24-32/h5-24H,1-4H2. The van der Waals surface area contributed by atoms with Crippen LogP contribution >= 0.6 is 31.3 Å². The number of benzene rings is 4. The molecule has 0 aromatic heterocycles. The van der Waals surface area contributed by atoms with Gasteiger partial charge in [-0.25, -0.2) is 0 Å². The van der Waals surface area contributed by atoms with Gasteiger partial charge in [0.2, 0.25) is 0 Å². The van der Waals surface area contributed by atoms with Crippen molar-refractivity contribution in [3.05, 3.63) is 146 Å². The summed E-state index contributed by atoms with van der Waals surface area (Å²) in [5.41, 5.74) is 4.30. The maximum absolute atomic E-state index is 6.59. The van der Waals surface area contributed by atoms with Crippen molar-refractivity contribution >= 4 is 100 Å². The fourth-order valence-electron chi connectivity index (χ4n) is 3.79. The lowest BCUT2D eigenvalue weighted by molar-refractivity contribution is 1.70. The van der Waals surface area contributed by atoms with Crippen LogP contribution in [0.15, 0.2) is 123 Å². The van der Waals surface area contributed by atoms with Crippen LogP contribution in [0, 0.1) is 0 Å². The lowest BCUT2D eigenvalue weighted by atomic mass is 10.2. The van der Waals surface area contributed by atoms with E-state index in [1.54, 1.807) is 20.8 Å². The molecule has 0 aliphatic rings. The zero-order chi connectivity index (χ0) is 27.2. The zero-order valence-electron chi connectivity index (χ0n) is 20.9. The van der Waals surface area contributed by atoms with Gasteiger partial charge in [0, 0.05) is 0 Å². The molecule has 4 rings (SSSR count). The Kier molecular flexibility index (Phi) is 9.71. The molecule has 0 spiro atoms. The number of rotatable bonds is 11. The van der Waals surface area contributed by atoms with E-state index in [1.165, 1.54) is 0 Å². The first kappa shape index (κ1) is 28.8. The monoisotopic (exact) mass is 602 g/mol. The van der Waals surface area contributed by atoms with Crippen molar-refractivity contribution in [3.63, 3.8) is 0 Å². The summed E-state index contributed by atoms with van der Waals surface area (Å²) in [4.78, 5) is 0. The smallest absolute Gasteiger partial charge is 0.0723 e. The van der Waals surface area contributed by atoms with Gasteiger partial charge in [-0.3, -0.25) is 0 Å². The van der Waals surface area contributed by atoms with Crippen molar-refractivity contribution < 1.29 is 0 Å². The molecule has 0 amide bonds. The molecular weight excluding hydrogens is 575 g/mol. The van der Waals surface area contributed by atoms with Crippen LogP contribution in [-0.4, -0.2) is 0 Å². The van der Waals surface area contributed by atoms with Gasteiger partial charge in [0.05, 0.1) is 10.5 Å². The highest BCUT2D eigenvalue weighted by molar-refractivity contribution is 9.21. The van der Waals surface area contributed by atoms with E-state index in [4.69, 9.17) is 23.6 Å². The molecule has 0 saturated carbocycles. The van der Waals surface area contributed by atoms with E-state index in [-0.39, 0.29) is 0 Å². The molecular formula is C32H28P2S4. The van der Waals surface area contributed by atoms with Crippen LogP contribution in [-0.2, 0) is 23.6 Å². The van der Waals surface area contributed by atoms with E-state index in [2.05, 4.69) is 123 Å². The molecule has 0 saturated heterocycles. The van der Waals surface area contributed by atoms with Gasteiger partial charge in [-0.05, 0) is 64.3 Å². The maximum Gasteiger partial charge on any atom is 0.0723 e.